The van der Waals surface area contributed by atoms with Crippen LogP contribution in [0.5, 0.6) is 0 Å². The highest BCUT2D eigenvalue weighted by Crippen LogP contribution is 2.49. The minimum Gasteiger partial charge on any atom is -0.328 e. The predicted molar refractivity (Wildman–Crippen MR) is 45.8 cm³/mol. The van der Waals surface area contributed by atoms with Gasteiger partial charge in [0.1, 0.15) is 0 Å². The van der Waals surface area contributed by atoms with Crippen molar-refractivity contribution < 1.29 is 9.09 Å². The molecular formula is C8H13O2P. The van der Waals surface area contributed by atoms with E-state index in [1.807, 2.05) is 6.92 Å². The summed E-state index contributed by atoms with van der Waals surface area (Å²) in [5.41, 5.74) is 0. The quantitative estimate of drug-likeness (QED) is 0.411. The predicted octanol–water partition coefficient (Wildman–Crippen LogP) is 1.81. The first-order valence-corrected chi connectivity index (χ1v) is 5.98. The molecule has 0 saturated carbocycles. The topological polar surface area (TPSA) is 26.3 Å². The SMILES string of the molecule is C#CC1CP(C)(=O)OCC1C. The van der Waals surface area contributed by atoms with E-state index in [0.29, 0.717) is 18.7 Å². The molecule has 0 bridgehead atoms. The van der Waals surface area contributed by atoms with Crippen LogP contribution in [-0.4, -0.2) is 19.4 Å². The molecule has 2 nitrogen and oxygen atoms in total. The van der Waals surface area contributed by atoms with Crippen LogP contribution in [0, 0.1) is 24.2 Å². The first kappa shape index (κ1) is 8.84. The summed E-state index contributed by atoms with van der Waals surface area (Å²) in [7, 11) is -2.34. The van der Waals surface area contributed by atoms with Gasteiger partial charge in [0.2, 0.25) is 7.37 Å². The molecule has 0 N–H and O–H groups in total. The second kappa shape index (κ2) is 3.01. The summed E-state index contributed by atoms with van der Waals surface area (Å²) in [4.78, 5) is 0. The van der Waals surface area contributed by atoms with Crippen LogP contribution < -0.4 is 0 Å². The Hall–Kier alpha value is -0.250. The van der Waals surface area contributed by atoms with Crippen LogP contribution >= 0.6 is 7.37 Å². The normalized spacial score (nSPS) is 44.8. The van der Waals surface area contributed by atoms with Gasteiger partial charge in [-0.25, -0.2) is 0 Å². The average molecular weight is 172 g/mol. The summed E-state index contributed by atoms with van der Waals surface area (Å²) < 4.78 is 16.6. The molecule has 1 aliphatic heterocycles. The maximum absolute atomic E-state index is 11.4. The van der Waals surface area contributed by atoms with Crippen molar-refractivity contribution in [3.05, 3.63) is 0 Å². The first-order valence-electron chi connectivity index (χ1n) is 3.72. The lowest BCUT2D eigenvalue weighted by atomic mass is 9.98. The molecule has 0 aromatic rings. The summed E-state index contributed by atoms with van der Waals surface area (Å²) in [5.74, 6) is 3.14. The zero-order valence-corrected chi connectivity index (χ0v) is 7.80. The Labute approximate surface area is 67.8 Å². The van der Waals surface area contributed by atoms with E-state index >= 15 is 0 Å². The van der Waals surface area contributed by atoms with Gasteiger partial charge >= 0.3 is 0 Å². The molecule has 3 unspecified atom stereocenters. The van der Waals surface area contributed by atoms with Gasteiger partial charge in [0, 0.05) is 18.7 Å². The molecular weight excluding hydrogens is 159 g/mol. The minimum atomic E-state index is -2.34. The Kier molecular flexibility index (Phi) is 2.42. The van der Waals surface area contributed by atoms with Crippen LogP contribution in [0.1, 0.15) is 6.92 Å². The molecule has 0 aliphatic carbocycles. The van der Waals surface area contributed by atoms with Gasteiger partial charge in [-0.1, -0.05) is 6.92 Å². The lowest BCUT2D eigenvalue weighted by molar-refractivity contribution is 0.212. The van der Waals surface area contributed by atoms with Crippen molar-refractivity contribution in [1.82, 2.24) is 0 Å². The molecule has 0 radical (unpaired) electrons. The summed E-state index contributed by atoms with van der Waals surface area (Å²) in [6.07, 6.45) is 5.83. The molecule has 1 aliphatic rings. The van der Waals surface area contributed by atoms with Gasteiger partial charge in [-0.2, -0.15) is 0 Å². The van der Waals surface area contributed by atoms with Gasteiger partial charge < -0.3 is 4.52 Å². The van der Waals surface area contributed by atoms with Crippen LogP contribution in [0.15, 0.2) is 0 Å². The zero-order chi connectivity index (χ0) is 8.48. The van der Waals surface area contributed by atoms with E-state index in [0.717, 1.165) is 0 Å². The van der Waals surface area contributed by atoms with Crippen LogP contribution in [-0.2, 0) is 9.09 Å². The zero-order valence-electron chi connectivity index (χ0n) is 6.91. The van der Waals surface area contributed by atoms with E-state index in [1.54, 1.807) is 6.66 Å². The Morgan fingerprint density at radius 2 is 2.36 bits per heavy atom. The van der Waals surface area contributed by atoms with Crippen molar-refractivity contribution in [2.45, 2.75) is 6.92 Å². The molecule has 1 rings (SSSR count). The maximum Gasteiger partial charge on any atom is 0.201 e. The summed E-state index contributed by atoms with van der Waals surface area (Å²) in [5, 5.41) is 0. The summed E-state index contributed by atoms with van der Waals surface area (Å²) >= 11 is 0. The summed E-state index contributed by atoms with van der Waals surface area (Å²) in [6, 6.07) is 0. The van der Waals surface area contributed by atoms with E-state index in [1.165, 1.54) is 0 Å². The van der Waals surface area contributed by atoms with E-state index in [-0.39, 0.29) is 5.92 Å². The van der Waals surface area contributed by atoms with Gasteiger partial charge in [-0.15, -0.1) is 12.3 Å². The molecule has 0 spiro atoms. The molecule has 0 amide bonds. The van der Waals surface area contributed by atoms with Crippen LogP contribution in [0.4, 0.5) is 0 Å². The molecule has 0 aromatic heterocycles. The Bertz CT molecular complexity index is 229. The molecule has 3 heteroatoms. The average Bonchev–Trinajstić information content (AvgIpc) is 1.94. The van der Waals surface area contributed by atoms with Crippen molar-refractivity contribution in [3.63, 3.8) is 0 Å². The van der Waals surface area contributed by atoms with Crippen molar-refractivity contribution >= 4 is 7.37 Å². The van der Waals surface area contributed by atoms with Crippen LogP contribution in [0.2, 0.25) is 0 Å². The molecule has 1 fully saturated rings. The van der Waals surface area contributed by atoms with E-state index in [4.69, 9.17) is 10.9 Å². The van der Waals surface area contributed by atoms with E-state index in [2.05, 4.69) is 5.92 Å². The highest BCUT2D eigenvalue weighted by Gasteiger charge is 2.31. The van der Waals surface area contributed by atoms with Crippen molar-refractivity contribution in [2.75, 3.05) is 19.4 Å². The van der Waals surface area contributed by atoms with Gasteiger partial charge in [-0.3, -0.25) is 4.57 Å². The fraction of sp³-hybridized carbons (Fsp3) is 0.750. The third-order valence-corrected chi connectivity index (χ3v) is 3.79. The second-order valence-electron chi connectivity index (χ2n) is 3.24. The molecule has 1 heterocycles. The number of terminal acetylenes is 1. The van der Waals surface area contributed by atoms with E-state index < -0.39 is 7.37 Å². The number of rotatable bonds is 0. The molecule has 0 aromatic carbocycles. The van der Waals surface area contributed by atoms with Crippen LogP contribution in [0.3, 0.4) is 0 Å². The molecule has 1 saturated heterocycles. The standard InChI is InChI=1S/C8H13O2P/c1-4-8-6-11(3,9)10-5-7(8)2/h1,7-8H,5-6H2,2-3H3. The second-order valence-corrected chi connectivity index (χ2v) is 5.89. The Balaban J connectivity index is 2.68. The maximum atomic E-state index is 11.4. The lowest BCUT2D eigenvalue weighted by Crippen LogP contribution is -2.24. The molecule has 11 heavy (non-hydrogen) atoms. The molecule has 3 atom stereocenters. The molecule has 62 valence electrons. The highest BCUT2D eigenvalue weighted by molar-refractivity contribution is 7.58. The Morgan fingerprint density at radius 1 is 1.73 bits per heavy atom. The fourth-order valence-electron chi connectivity index (χ4n) is 1.20. The van der Waals surface area contributed by atoms with Gasteiger partial charge in [-0.05, 0) is 5.92 Å². The third-order valence-electron chi connectivity index (χ3n) is 2.04. The number of hydrogen-bond donors (Lipinski definition) is 0. The summed E-state index contributed by atoms with van der Waals surface area (Å²) in [6.45, 7) is 4.23. The first-order chi connectivity index (χ1) is 5.05. The van der Waals surface area contributed by atoms with Crippen molar-refractivity contribution in [3.8, 4) is 12.3 Å². The fourth-order valence-corrected chi connectivity index (χ4v) is 3.03. The van der Waals surface area contributed by atoms with Gasteiger partial charge in [0.15, 0.2) is 0 Å². The van der Waals surface area contributed by atoms with Crippen molar-refractivity contribution in [1.29, 1.82) is 0 Å². The highest BCUT2D eigenvalue weighted by atomic mass is 31.2. The van der Waals surface area contributed by atoms with E-state index in [9.17, 15) is 4.57 Å². The smallest absolute Gasteiger partial charge is 0.201 e. The third kappa shape index (κ3) is 2.09. The van der Waals surface area contributed by atoms with Gasteiger partial charge in [0.25, 0.3) is 0 Å². The van der Waals surface area contributed by atoms with Gasteiger partial charge in [0.05, 0.1) is 6.61 Å². The lowest BCUT2D eigenvalue weighted by Gasteiger charge is -2.29. The van der Waals surface area contributed by atoms with Crippen LogP contribution in [0.25, 0.3) is 0 Å². The number of hydrogen-bond acceptors (Lipinski definition) is 2. The van der Waals surface area contributed by atoms with Crippen molar-refractivity contribution in [2.24, 2.45) is 11.8 Å². The largest absolute Gasteiger partial charge is 0.328 e. The minimum absolute atomic E-state index is 0.139. The monoisotopic (exact) mass is 172 g/mol. The Morgan fingerprint density at radius 3 is 2.82 bits per heavy atom.